The minimum Gasteiger partial charge on any atom is -0.497 e. The summed E-state index contributed by atoms with van der Waals surface area (Å²) >= 11 is 7.63. The standard InChI is InChI=1S/C24H30N4O3S2/c1-29-17-9-10-19(21(14-17)30-2)20-7-3-11-26(20)16-28-24(32)27(15-18-6-4-12-31-18)23(25-28)22-8-5-13-33-22/h5,8-10,13-14,18,20H,3-4,6-7,11-12,15-16H2,1-2H3/t18-,20-/m0/s1. The second kappa shape index (κ2) is 9.97. The fraction of sp³-hybridized carbons (Fsp3) is 0.500. The van der Waals surface area contributed by atoms with Crippen LogP contribution in [0, 0.1) is 4.77 Å². The highest BCUT2D eigenvalue weighted by molar-refractivity contribution is 7.71. The lowest BCUT2D eigenvalue weighted by Gasteiger charge is -2.26. The van der Waals surface area contributed by atoms with Crippen LogP contribution in [-0.4, -0.2) is 52.7 Å². The van der Waals surface area contributed by atoms with E-state index in [4.69, 9.17) is 31.5 Å². The molecule has 2 aliphatic heterocycles. The lowest BCUT2D eigenvalue weighted by Crippen LogP contribution is -2.27. The third-order valence-electron chi connectivity index (χ3n) is 6.55. The Morgan fingerprint density at radius 1 is 1.18 bits per heavy atom. The Morgan fingerprint density at radius 3 is 2.82 bits per heavy atom. The van der Waals surface area contributed by atoms with Gasteiger partial charge in [-0.15, -0.1) is 16.4 Å². The van der Waals surface area contributed by atoms with E-state index in [1.54, 1.807) is 25.6 Å². The maximum absolute atomic E-state index is 5.94. The van der Waals surface area contributed by atoms with Crippen molar-refractivity contribution in [2.75, 3.05) is 27.4 Å². The van der Waals surface area contributed by atoms with Gasteiger partial charge in [-0.05, 0) is 55.4 Å². The minimum absolute atomic E-state index is 0.205. The van der Waals surface area contributed by atoms with Gasteiger partial charge in [0.05, 0.1) is 38.4 Å². The molecule has 1 aromatic carbocycles. The Bertz CT molecular complexity index is 1140. The highest BCUT2D eigenvalue weighted by Gasteiger charge is 2.30. The molecule has 33 heavy (non-hydrogen) atoms. The molecule has 0 radical (unpaired) electrons. The van der Waals surface area contributed by atoms with E-state index in [-0.39, 0.29) is 12.1 Å². The van der Waals surface area contributed by atoms with Crippen LogP contribution in [0.15, 0.2) is 35.7 Å². The first-order chi connectivity index (χ1) is 16.2. The molecule has 5 rings (SSSR count). The fourth-order valence-electron chi connectivity index (χ4n) is 4.89. The zero-order chi connectivity index (χ0) is 22.8. The number of thiophene rings is 1. The first kappa shape index (κ1) is 22.6. The normalized spacial score (nSPS) is 21.0. The summed E-state index contributed by atoms with van der Waals surface area (Å²) in [6.07, 6.45) is 4.59. The smallest absolute Gasteiger partial charge is 0.199 e. The van der Waals surface area contributed by atoms with E-state index >= 15 is 0 Å². The van der Waals surface area contributed by atoms with E-state index in [0.717, 1.165) is 72.4 Å². The van der Waals surface area contributed by atoms with Crippen LogP contribution in [0.2, 0.25) is 0 Å². The third kappa shape index (κ3) is 4.59. The Morgan fingerprint density at radius 2 is 2.09 bits per heavy atom. The number of hydrogen-bond donors (Lipinski definition) is 0. The number of ether oxygens (including phenoxy) is 3. The molecule has 4 heterocycles. The summed E-state index contributed by atoms with van der Waals surface area (Å²) in [5.74, 6) is 2.59. The van der Waals surface area contributed by atoms with Crippen LogP contribution >= 0.6 is 23.6 Å². The minimum atomic E-state index is 0.205. The summed E-state index contributed by atoms with van der Waals surface area (Å²) in [5.41, 5.74) is 1.18. The Hall–Kier alpha value is -2.20. The van der Waals surface area contributed by atoms with Crippen LogP contribution < -0.4 is 9.47 Å². The van der Waals surface area contributed by atoms with Gasteiger partial charge in [0.25, 0.3) is 0 Å². The van der Waals surface area contributed by atoms with Crippen molar-refractivity contribution in [1.29, 1.82) is 0 Å². The quantitative estimate of drug-likeness (QED) is 0.411. The highest BCUT2D eigenvalue weighted by Crippen LogP contribution is 2.39. The van der Waals surface area contributed by atoms with Crippen LogP contribution in [0.5, 0.6) is 11.5 Å². The molecule has 2 aliphatic rings. The van der Waals surface area contributed by atoms with E-state index in [9.17, 15) is 0 Å². The summed E-state index contributed by atoms with van der Waals surface area (Å²) in [5, 5.41) is 7.08. The van der Waals surface area contributed by atoms with Gasteiger partial charge in [-0.25, -0.2) is 4.68 Å². The summed E-state index contributed by atoms with van der Waals surface area (Å²) < 4.78 is 21.9. The zero-order valence-electron chi connectivity index (χ0n) is 19.1. The second-order valence-corrected chi connectivity index (χ2v) is 9.86. The molecule has 2 saturated heterocycles. The number of hydrogen-bond acceptors (Lipinski definition) is 7. The van der Waals surface area contributed by atoms with Gasteiger partial charge in [0.15, 0.2) is 10.6 Å². The first-order valence-electron chi connectivity index (χ1n) is 11.5. The number of benzene rings is 1. The number of nitrogens with zero attached hydrogens (tertiary/aromatic N) is 4. The van der Waals surface area contributed by atoms with Gasteiger partial charge in [-0.1, -0.05) is 12.1 Å². The SMILES string of the molecule is COc1ccc([C@@H]2CCCN2Cn2nc(-c3cccs3)n(C[C@@H]3CCCO3)c2=S)c(OC)c1. The van der Waals surface area contributed by atoms with E-state index in [2.05, 4.69) is 33.0 Å². The van der Waals surface area contributed by atoms with Crippen molar-refractivity contribution >= 4 is 23.6 Å². The van der Waals surface area contributed by atoms with Crippen molar-refractivity contribution in [1.82, 2.24) is 19.2 Å². The van der Waals surface area contributed by atoms with E-state index in [1.165, 1.54) is 5.56 Å². The molecule has 2 atom stereocenters. The Labute approximate surface area is 203 Å². The van der Waals surface area contributed by atoms with Crippen LogP contribution in [0.3, 0.4) is 0 Å². The van der Waals surface area contributed by atoms with Crippen molar-refractivity contribution < 1.29 is 14.2 Å². The molecule has 0 spiro atoms. The van der Waals surface area contributed by atoms with Gasteiger partial charge in [-0.2, -0.15) is 0 Å². The second-order valence-electron chi connectivity index (χ2n) is 8.55. The molecular formula is C24H30N4O3S2. The molecule has 7 nitrogen and oxygen atoms in total. The maximum atomic E-state index is 5.94. The monoisotopic (exact) mass is 486 g/mol. The van der Waals surface area contributed by atoms with Gasteiger partial charge < -0.3 is 14.2 Å². The lowest BCUT2D eigenvalue weighted by atomic mass is 10.0. The summed E-state index contributed by atoms with van der Waals surface area (Å²) in [6, 6.07) is 10.5. The first-order valence-corrected chi connectivity index (χ1v) is 12.8. The molecule has 2 fully saturated rings. The maximum Gasteiger partial charge on any atom is 0.199 e. The Kier molecular flexibility index (Phi) is 6.82. The summed E-state index contributed by atoms with van der Waals surface area (Å²) in [6.45, 7) is 3.23. The summed E-state index contributed by atoms with van der Waals surface area (Å²) in [7, 11) is 3.39. The number of methoxy groups -OCH3 is 2. The molecule has 0 bridgehead atoms. The van der Waals surface area contributed by atoms with E-state index in [0.29, 0.717) is 6.67 Å². The van der Waals surface area contributed by atoms with Crippen LogP contribution in [-0.2, 0) is 18.0 Å². The molecule has 0 unspecified atom stereocenters. The van der Waals surface area contributed by atoms with Crippen LogP contribution in [0.25, 0.3) is 10.7 Å². The molecule has 176 valence electrons. The van der Waals surface area contributed by atoms with Gasteiger partial charge >= 0.3 is 0 Å². The predicted octanol–water partition coefficient (Wildman–Crippen LogP) is 5.13. The highest BCUT2D eigenvalue weighted by atomic mass is 32.1. The Balaban J connectivity index is 1.44. The largest absolute Gasteiger partial charge is 0.497 e. The van der Waals surface area contributed by atoms with Crippen LogP contribution in [0.4, 0.5) is 0 Å². The van der Waals surface area contributed by atoms with E-state index < -0.39 is 0 Å². The van der Waals surface area contributed by atoms with Crippen molar-refractivity contribution in [2.24, 2.45) is 0 Å². The van der Waals surface area contributed by atoms with Crippen LogP contribution in [0.1, 0.15) is 37.3 Å². The molecular weight excluding hydrogens is 456 g/mol. The lowest BCUT2D eigenvalue weighted by molar-refractivity contribution is 0.0966. The van der Waals surface area contributed by atoms with Crippen molar-refractivity contribution in [3.8, 4) is 22.2 Å². The van der Waals surface area contributed by atoms with Gasteiger partial charge in [0.2, 0.25) is 0 Å². The number of aromatic nitrogens is 3. The molecule has 0 N–H and O–H groups in total. The van der Waals surface area contributed by atoms with Crippen molar-refractivity contribution in [3.63, 3.8) is 0 Å². The van der Waals surface area contributed by atoms with Crippen molar-refractivity contribution in [2.45, 2.75) is 51.0 Å². The predicted molar refractivity (Wildman–Crippen MR) is 132 cm³/mol. The van der Waals surface area contributed by atoms with Gasteiger partial charge in [0.1, 0.15) is 11.5 Å². The third-order valence-corrected chi connectivity index (χ3v) is 7.85. The summed E-state index contributed by atoms with van der Waals surface area (Å²) in [4.78, 5) is 3.58. The topological polar surface area (TPSA) is 53.7 Å². The molecule has 3 aromatic rings. The van der Waals surface area contributed by atoms with Gasteiger partial charge in [0, 0.05) is 30.8 Å². The van der Waals surface area contributed by atoms with Crippen molar-refractivity contribution in [3.05, 3.63) is 46.0 Å². The average Bonchev–Trinajstić information content (AvgIpc) is 3.64. The molecule has 2 aromatic heterocycles. The average molecular weight is 487 g/mol. The van der Waals surface area contributed by atoms with E-state index in [1.807, 2.05) is 16.8 Å². The molecule has 0 saturated carbocycles. The molecule has 9 heteroatoms. The number of likely N-dealkylation sites (tertiary alicyclic amines) is 1. The molecule has 0 aliphatic carbocycles. The van der Waals surface area contributed by atoms with Gasteiger partial charge in [-0.3, -0.25) is 9.47 Å². The molecule has 0 amide bonds. The fourth-order valence-corrected chi connectivity index (χ4v) is 5.87. The number of rotatable bonds is 8. The zero-order valence-corrected chi connectivity index (χ0v) is 20.7.